The highest BCUT2D eigenvalue weighted by molar-refractivity contribution is 5.68. The predicted octanol–water partition coefficient (Wildman–Crippen LogP) is 2.94. The maximum atomic E-state index is 11.4. The molecule has 1 amide bonds. The van der Waals surface area contributed by atoms with Gasteiger partial charge in [0.2, 0.25) is 0 Å². The molecule has 0 saturated carbocycles. The largest absolute Gasteiger partial charge is 0.465 e. The molecule has 1 aromatic rings. The lowest BCUT2D eigenvalue weighted by molar-refractivity contribution is -0.0704. The van der Waals surface area contributed by atoms with Crippen molar-refractivity contribution in [2.24, 2.45) is 5.41 Å². The topological polar surface area (TPSA) is 52.6 Å². The van der Waals surface area contributed by atoms with Crippen LogP contribution < -0.4 is 5.32 Å². The van der Waals surface area contributed by atoms with Gasteiger partial charge in [-0.25, -0.2) is 4.79 Å². The van der Waals surface area contributed by atoms with Crippen molar-refractivity contribution >= 4 is 6.09 Å². The second-order valence-corrected chi connectivity index (χ2v) is 6.55. The maximum absolute atomic E-state index is 11.4. The fraction of sp³-hybridized carbons (Fsp3) is 0.562. The van der Waals surface area contributed by atoms with Crippen LogP contribution in [0.3, 0.4) is 0 Å². The summed E-state index contributed by atoms with van der Waals surface area (Å²) in [5.41, 5.74) is 0.846. The van der Waals surface area contributed by atoms with Crippen LogP contribution in [0, 0.1) is 5.41 Å². The van der Waals surface area contributed by atoms with E-state index in [1.807, 2.05) is 18.2 Å². The average molecular weight is 276 g/mol. The van der Waals surface area contributed by atoms with E-state index >= 15 is 0 Å². The molecule has 1 fully saturated rings. The van der Waals surface area contributed by atoms with E-state index in [1.165, 1.54) is 5.56 Å². The first-order valence-electron chi connectivity index (χ1n) is 7.12. The lowest BCUT2D eigenvalue weighted by Crippen LogP contribution is -2.71. The Kier molecular flexibility index (Phi) is 4.04. The normalized spacial score (nSPS) is 22.4. The SMILES string of the molecule is CC(C)(C)C1(CNCc2ccccc2)CCN1C(=O)O. The first kappa shape index (κ1) is 14.9. The third-order valence-corrected chi connectivity index (χ3v) is 4.48. The molecule has 1 saturated heterocycles. The first-order valence-corrected chi connectivity index (χ1v) is 7.12. The summed E-state index contributed by atoms with van der Waals surface area (Å²) in [7, 11) is 0. The van der Waals surface area contributed by atoms with Gasteiger partial charge in [0.1, 0.15) is 0 Å². The molecule has 4 nitrogen and oxygen atoms in total. The molecule has 0 spiro atoms. The summed E-state index contributed by atoms with van der Waals surface area (Å²) in [4.78, 5) is 13.0. The maximum Gasteiger partial charge on any atom is 0.407 e. The molecule has 2 rings (SSSR count). The number of likely N-dealkylation sites (tertiary alicyclic amines) is 1. The van der Waals surface area contributed by atoms with Crippen LogP contribution in [0.2, 0.25) is 0 Å². The van der Waals surface area contributed by atoms with Gasteiger partial charge in [-0.3, -0.25) is 0 Å². The van der Waals surface area contributed by atoms with Crippen LogP contribution in [0.5, 0.6) is 0 Å². The monoisotopic (exact) mass is 276 g/mol. The number of carboxylic acid groups (broad SMARTS) is 1. The highest BCUT2D eigenvalue weighted by Crippen LogP contribution is 2.44. The number of hydrogen-bond donors (Lipinski definition) is 2. The van der Waals surface area contributed by atoms with Crippen LogP contribution in [0.15, 0.2) is 30.3 Å². The second-order valence-electron chi connectivity index (χ2n) is 6.55. The van der Waals surface area contributed by atoms with Crippen molar-refractivity contribution in [1.82, 2.24) is 10.2 Å². The van der Waals surface area contributed by atoms with Crippen molar-refractivity contribution in [3.63, 3.8) is 0 Å². The van der Waals surface area contributed by atoms with Crippen molar-refractivity contribution in [3.8, 4) is 0 Å². The Bertz CT molecular complexity index is 467. The average Bonchev–Trinajstić information content (AvgIpc) is 2.32. The molecule has 0 aliphatic carbocycles. The van der Waals surface area contributed by atoms with E-state index in [1.54, 1.807) is 4.90 Å². The number of nitrogens with one attached hydrogen (secondary N) is 1. The molecule has 20 heavy (non-hydrogen) atoms. The minimum atomic E-state index is -0.812. The summed E-state index contributed by atoms with van der Waals surface area (Å²) in [5.74, 6) is 0. The Labute approximate surface area is 120 Å². The van der Waals surface area contributed by atoms with Gasteiger partial charge in [0.05, 0.1) is 5.54 Å². The van der Waals surface area contributed by atoms with Crippen LogP contribution in [0.4, 0.5) is 4.79 Å². The number of carbonyl (C=O) groups is 1. The zero-order chi connectivity index (χ0) is 14.8. The van der Waals surface area contributed by atoms with Crippen molar-refractivity contribution in [2.45, 2.75) is 39.3 Å². The number of rotatable bonds is 4. The summed E-state index contributed by atoms with van der Waals surface area (Å²) in [6, 6.07) is 10.2. The van der Waals surface area contributed by atoms with Crippen LogP contribution in [0.1, 0.15) is 32.8 Å². The number of benzene rings is 1. The van der Waals surface area contributed by atoms with Gasteiger partial charge >= 0.3 is 6.09 Å². The standard InChI is InChI=1S/C16H24N2O2/c1-15(2,3)16(9-10-18(16)14(19)20)12-17-11-13-7-5-4-6-8-13/h4-8,17H,9-12H2,1-3H3,(H,19,20). The molecular weight excluding hydrogens is 252 g/mol. The lowest BCUT2D eigenvalue weighted by Gasteiger charge is -2.58. The molecule has 1 aromatic carbocycles. The van der Waals surface area contributed by atoms with Gasteiger partial charge in [-0.2, -0.15) is 0 Å². The fourth-order valence-corrected chi connectivity index (χ4v) is 3.01. The van der Waals surface area contributed by atoms with E-state index in [0.717, 1.165) is 13.0 Å². The van der Waals surface area contributed by atoms with E-state index in [0.29, 0.717) is 13.1 Å². The van der Waals surface area contributed by atoms with Gasteiger partial charge in [0.25, 0.3) is 0 Å². The van der Waals surface area contributed by atoms with Gasteiger partial charge in [-0.05, 0) is 17.4 Å². The smallest absolute Gasteiger partial charge is 0.407 e. The van der Waals surface area contributed by atoms with E-state index in [-0.39, 0.29) is 11.0 Å². The Morgan fingerprint density at radius 1 is 1.35 bits per heavy atom. The van der Waals surface area contributed by atoms with E-state index in [9.17, 15) is 9.90 Å². The Hall–Kier alpha value is -1.55. The number of amides is 1. The predicted molar refractivity (Wildman–Crippen MR) is 79.7 cm³/mol. The molecular formula is C16H24N2O2. The molecule has 1 aliphatic heterocycles. The lowest BCUT2D eigenvalue weighted by atomic mass is 9.65. The number of nitrogens with zero attached hydrogens (tertiary/aromatic N) is 1. The third-order valence-electron chi connectivity index (χ3n) is 4.48. The number of hydrogen-bond acceptors (Lipinski definition) is 2. The van der Waals surface area contributed by atoms with Crippen LogP contribution >= 0.6 is 0 Å². The fourth-order valence-electron chi connectivity index (χ4n) is 3.01. The van der Waals surface area contributed by atoms with Crippen molar-refractivity contribution in [2.75, 3.05) is 13.1 Å². The molecule has 1 heterocycles. The molecule has 4 heteroatoms. The quantitative estimate of drug-likeness (QED) is 0.889. The van der Waals surface area contributed by atoms with Gasteiger partial charge < -0.3 is 15.3 Å². The summed E-state index contributed by atoms with van der Waals surface area (Å²) in [5, 5.41) is 12.8. The molecule has 0 aromatic heterocycles. The summed E-state index contributed by atoms with van der Waals surface area (Å²) >= 11 is 0. The van der Waals surface area contributed by atoms with Gasteiger partial charge in [-0.1, -0.05) is 51.1 Å². The molecule has 1 aliphatic rings. The molecule has 0 bridgehead atoms. The van der Waals surface area contributed by atoms with E-state index < -0.39 is 6.09 Å². The molecule has 1 unspecified atom stereocenters. The van der Waals surface area contributed by atoms with Crippen LogP contribution in [-0.4, -0.2) is 34.7 Å². The highest BCUT2D eigenvalue weighted by Gasteiger charge is 2.54. The van der Waals surface area contributed by atoms with E-state index in [2.05, 4.69) is 38.2 Å². The molecule has 0 radical (unpaired) electrons. The van der Waals surface area contributed by atoms with Crippen molar-refractivity contribution in [1.29, 1.82) is 0 Å². The Morgan fingerprint density at radius 2 is 2.00 bits per heavy atom. The van der Waals surface area contributed by atoms with Crippen LogP contribution in [-0.2, 0) is 6.54 Å². The zero-order valence-electron chi connectivity index (χ0n) is 12.5. The van der Waals surface area contributed by atoms with Gasteiger partial charge in [0.15, 0.2) is 0 Å². The Balaban J connectivity index is 2.02. The minimum absolute atomic E-state index is 0.0761. The van der Waals surface area contributed by atoms with Gasteiger partial charge in [0, 0.05) is 19.6 Å². The van der Waals surface area contributed by atoms with E-state index in [4.69, 9.17) is 0 Å². The zero-order valence-corrected chi connectivity index (χ0v) is 12.5. The molecule has 110 valence electrons. The Morgan fingerprint density at radius 3 is 2.45 bits per heavy atom. The molecule has 1 atom stereocenters. The molecule has 2 N–H and O–H groups in total. The van der Waals surface area contributed by atoms with Crippen LogP contribution in [0.25, 0.3) is 0 Å². The minimum Gasteiger partial charge on any atom is -0.465 e. The van der Waals surface area contributed by atoms with Crippen molar-refractivity contribution in [3.05, 3.63) is 35.9 Å². The summed E-state index contributed by atoms with van der Waals surface area (Å²) in [6.07, 6.45) is 0.109. The first-order chi connectivity index (χ1) is 9.37. The third kappa shape index (κ3) is 2.66. The summed E-state index contributed by atoms with van der Waals surface area (Å²) in [6.45, 7) is 8.45. The van der Waals surface area contributed by atoms with Gasteiger partial charge in [-0.15, -0.1) is 0 Å². The highest BCUT2D eigenvalue weighted by atomic mass is 16.4. The van der Waals surface area contributed by atoms with Crippen molar-refractivity contribution < 1.29 is 9.90 Å². The summed E-state index contributed by atoms with van der Waals surface area (Å²) < 4.78 is 0. The second kappa shape index (κ2) is 5.44.